The van der Waals surface area contributed by atoms with Gasteiger partial charge in [0, 0.05) is 11.6 Å². The number of carbonyl (C=O) groups is 1. The van der Waals surface area contributed by atoms with Gasteiger partial charge in [0.25, 0.3) is 15.9 Å². The number of nitrogens with one attached hydrogen (secondary N) is 2. The van der Waals surface area contributed by atoms with Crippen LogP contribution in [0, 0.1) is 11.8 Å². The van der Waals surface area contributed by atoms with Crippen LogP contribution in [0.2, 0.25) is 0 Å². The van der Waals surface area contributed by atoms with E-state index in [0.29, 0.717) is 17.4 Å². The third kappa shape index (κ3) is 3.44. The standard InChI is InChI=1S/C16H18N4O3S2/c21-14(11-4-2-1-3-5-11)17-15-18-19-16(24-15)25(22,23)20-13-9-10-6-7-12(13)8-10/h1-5,10,12-13,20H,6-9H2,(H,17,18,21)/t10-,12+,13+/m0/s1. The molecule has 4 rings (SSSR count). The number of benzene rings is 1. The van der Waals surface area contributed by atoms with E-state index >= 15 is 0 Å². The lowest BCUT2D eigenvalue weighted by molar-refractivity contribution is 0.102. The average molecular weight is 378 g/mol. The molecule has 2 aliphatic rings. The normalized spacial score (nSPS) is 25.2. The van der Waals surface area contributed by atoms with E-state index in [1.807, 2.05) is 6.07 Å². The van der Waals surface area contributed by atoms with Gasteiger partial charge in [-0.15, -0.1) is 10.2 Å². The molecule has 1 aromatic heterocycles. The monoisotopic (exact) mass is 378 g/mol. The fraction of sp³-hybridized carbons (Fsp3) is 0.438. The number of amides is 1. The first-order chi connectivity index (χ1) is 12.0. The van der Waals surface area contributed by atoms with E-state index in [0.717, 1.165) is 30.6 Å². The Bertz CT molecular complexity index is 882. The zero-order chi connectivity index (χ0) is 17.4. The van der Waals surface area contributed by atoms with Crippen molar-refractivity contribution in [3.05, 3.63) is 35.9 Å². The molecule has 132 valence electrons. The molecule has 2 N–H and O–H groups in total. The van der Waals surface area contributed by atoms with Crippen molar-refractivity contribution in [2.45, 2.75) is 36.1 Å². The molecule has 2 saturated carbocycles. The van der Waals surface area contributed by atoms with Crippen molar-refractivity contribution in [3.8, 4) is 0 Å². The number of nitrogens with zero attached hydrogens (tertiary/aromatic N) is 2. The van der Waals surface area contributed by atoms with Crippen molar-refractivity contribution >= 4 is 32.4 Å². The quantitative estimate of drug-likeness (QED) is 0.777. The number of rotatable bonds is 5. The smallest absolute Gasteiger partial charge is 0.270 e. The number of hydrogen-bond acceptors (Lipinski definition) is 6. The van der Waals surface area contributed by atoms with Crippen LogP contribution < -0.4 is 10.0 Å². The third-order valence-corrected chi connectivity index (χ3v) is 7.63. The molecule has 1 heterocycles. The van der Waals surface area contributed by atoms with E-state index in [1.165, 1.54) is 6.42 Å². The van der Waals surface area contributed by atoms with Gasteiger partial charge in [0.15, 0.2) is 0 Å². The highest BCUT2D eigenvalue weighted by Crippen LogP contribution is 2.44. The lowest BCUT2D eigenvalue weighted by atomic mass is 9.96. The van der Waals surface area contributed by atoms with Crippen molar-refractivity contribution in [1.82, 2.24) is 14.9 Å². The Morgan fingerprint density at radius 3 is 2.60 bits per heavy atom. The van der Waals surface area contributed by atoms with E-state index in [-0.39, 0.29) is 21.4 Å². The van der Waals surface area contributed by atoms with Gasteiger partial charge in [0.1, 0.15) is 0 Å². The summed E-state index contributed by atoms with van der Waals surface area (Å²) in [5.41, 5.74) is 0.474. The van der Waals surface area contributed by atoms with Gasteiger partial charge < -0.3 is 0 Å². The fourth-order valence-corrected chi connectivity index (χ4v) is 6.00. The molecule has 0 saturated heterocycles. The number of sulfonamides is 1. The zero-order valence-corrected chi connectivity index (χ0v) is 15.0. The maximum Gasteiger partial charge on any atom is 0.270 e. The first kappa shape index (κ1) is 16.6. The summed E-state index contributed by atoms with van der Waals surface area (Å²) in [5.74, 6) is 0.736. The second-order valence-electron chi connectivity index (χ2n) is 6.60. The number of fused-ring (bicyclic) bond motifs is 2. The fourth-order valence-electron chi connectivity index (χ4n) is 3.77. The summed E-state index contributed by atoms with van der Waals surface area (Å²) in [5, 5.41) is 10.3. The van der Waals surface area contributed by atoms with E-state index in [1.54, 1.807) is 24.3 Å². The lowest BCUT2D eigenvalue weighted by Gasteiger charge is -2.21. The Morgan fingerprint density at radius 1 is 1.12 bits per heavy atom. The number of aromatic nitrogens is 2. The summed E-state index contributed by atoms with van der Waals surface area (Å²) < 4.78 is 27.7. The first-order valence-corrected chi connectivity index (χ1v) is 10.5. The van der Waals surface area contributed by atoms with E-state index in [9.17, 15) is 13.2 Å². The van der Waals surface area contributed by atoms with Crippen molar-refractivity contribution in [2.75, 3.05) is 5.32 Å². The highest BCUT2D eigenvalue weighted by molar-refractivity contribution is 7.91. The minimum Gasteiger partial charge on any atom is -0.296 e. The number of hydrogen-bond donors (Lipinski definition) is 2. The highest BCUT2D eigenvalue weighted by atomic mass is 32.2. The van der Waals surface area contributed by atoms with Crippen LogP contribution in [0.3, 0.4) is 0 Å². The van der Waals surface area contributed by atoms with Gasteiger partial charge in [-0.05, 0) is 43.2 Å². The van der Waals surface area contributed by atoms with Gasteiger partial charge in [-0.3, -0.25) is 10.1 Å². The largest absolute Gasteiger partial charge is 0.296 e. The van der Waals surface area contributed by atoms with Crippen molar-refractivity contribution < 1.29 is 13.2 Å². The molecule has 2 aromatic rings. The average Bonchev–Trinajstić information content (AvgIpc) is 3.32. The second kappa shape index (κ2) is 6.47. The molecule has 0 radical (unpaired) electrons. The molecule has 7 nitrogen and oxygen atoms in total. The Kier molecular flexibility index (Phi) is 4.30. The van der Waals surface area contributed by atoms with E-state index < -0.39 is 10.0 Å². The van der Waals surface area contributed by atoms with Crippen molar-refractivity contribution in [2.24, 2.45) is 11.8 Å². The Balaban J connectivity index is 1.44. The van der Waals surface area contributed by atoms with Gasteiger partial charge in [-0.1, -0.05) is 36.0 Å². The molecule has 1 amide bonds. The number of carbonyl (C=O) groups excluding carboxylic acids is 1. The van der Waals surface area contributed by atoms with Crippen LogP contribution in [0.15, 0.2) is 34.7 Å². The summed E-state index contributed by atoms with van der Waals surface area (Å²) in [6, 6.07) is 8.66. The molecule has 2 aliphatic carbocycles. The van der Waals surface area contributed by atoms with Crippen LogP contribution in [0.5, 0.6) is 0 Å². The van der Waals surface area contributed by atoms with Crippen LogP contribution in [-0.2, 0) is 10.0 Å². The minimum atomic E-state index is -3.70. The van der Waals surface area contributed by atoms with Gasteiger partial charge >= 0.3 is 0 Å². The zero-order valence-electron chi connectivity index (χ0n) is 13.4. The maximum atomic E-state index is 12.5. The van der Waals surface area contributed by atoms with Crippen LogP contribution in [0.4, 0.5) is 5.13 Å². The van der Waals surface area contributed by atoms with Gasteiger partial charge in [0.2, 0.25) is 9.47 Å². The molecule has 3 atom stereocenters. The third-order valence-electron chi connectivity index (χ3n) is 4.94. The van der Waals surface area contributed by atoms with Gasteiger partial charge in [-0.2, -0.15) is 0 Å². The predicted molar refractivity (Wildman–Crippen MR) is 93.9 cm³/mol. The molecule has 9 heteroatoms. The molecule has 2 fully saturated rings. The summed E-state index contributed by atoms with van der Waals surface area (Å²) in [6.07, 6.45) is 4.31. The Hall–Kier alpha value is -1.84. The van der Waals surface area contributed by atoms with Crippen molar-refractivity contribution in [3.63, 3.8) is 0 Å². The molecular formula is C16H18N4O3S2. The highest BCUT2D eigenvalue weighted by Gasteiger charge is 2.41. The van der Waals surface area contributed by atoms with Crippen LogP contribution in [-0.4, -0.2) is 30.6 Å². The van der Waals surface area contributed by atoms with Crippen molar-refractivity contribution in [1.29, 1.82) is 0 Å². The molecule has 0 aliphatic heterocycles. The molecular weight excluding hydrogens is 360 g/mol. The molecule has 1 aromatic carbocycles. The van der Waals surface area contributed by atoms with Gasteiger partial charge in [-0.25, -0.2) is 13.1 Å². The molecule has 2 bridgehead atoms. The van der Waals surface area contributed by atoms with Crippen LogP contribution in [0.1, 0.15) is 36.0 Å². The molecule has 0 unspecified atom stereocenters. The first-order valence-electron chi connectivity index (χ1n) is 8.23. The lowest BCUT2D eigenvalue weighted by Crippen LogP contribution is -2.38. The number of anilines is 1. The second-order valence-corrected chi connectivity index (χ2v) is 9.46. The summed E-state index contributed by atoms with van der Waals surface area (Å²) in [4.78, 5) is 12.1. The van der Waals surface area contributed by atoms with Crippen LogP contribution >= 0.6 is 11.3 Å². The minimum absolute atomic E-state index is 0.00462. The van der Waals surface area contributed by atoms with Gasteiger partial charge in [0.05, 0.1) is 0 Å². The van der Waals surface area contributed by atoms with E-state index in [4.69, 9.17) is 0 Å². The molecule has 0 spiro atoms. The summed E-state index contributed by atoms with van der Waals surface area (Å²) in [6.45, 7) is 0. The SMILES string of the molecule is O=C(Nc1nnc(S(=O)(=O)N[C@@H]2C[C@H]3CC[C@@H]2C3)s1)c1ccccc1. The summed E-state index contributed by atoms with van der Waals surface area (Å²) in [7, 11) is -3.70. The Morgan fingerprint density at radius 2 is 1.92 bits per heavy atom. The molecule has 25 heavy (non-hydrogen) atoms. The maximum absolute atomic E-state index is 12.5. The predicted octanol–water partition coefficient (Wildman–Crippen LogP) is 2.26. The summed E-state index contributed by atoms with van der Waals surface area (Å²) >= 11 is 0.862. The van der Waals surface area contributed by atoms with E-state index in [2.05, 4.69) is 20.2 Å². The van der Waals surface area contributed by atoms with Crippen LogP contribution in [0.25, 0.3) is 0 Å². The topological polar surface area (TPSA) is 101 Å². The Labute approximate surface area is 149 Å².